The molecule has 220 valence electrons. The van der Waals surface area contributed by atoms with Crippen LogP contribution in [0.2, 0.25) is 5.15 Å². The van der Waals surface area contributed by atoms with Crippen LogP contribution in [0, 0.1) is 6.92 Å². The van der Waals surface area contributed by atoms with Crippen molar-refractivity contribution in [3.8, 4) is 0 Å². The fraction of sp³-hybridized carbons (Fsp3) is 0.333. The van der Waals surface area contributed by atoms with Gasteiger partial charge in [-0.3, -0.25) is 19.6 Å². The number of aryl methyl sites for hydroxylation is 1. The molecule has 0 atom stereocenters. The van der Waals surface area contributed by atoms with E-state index in [1.54, 1.807) is 30.2 Å². The molecule has 5 rings (SSSR count). The SMILES string of the molecule is Cc1cnc(CNS(=O)(=O)c2cccc(C(=O)N3CCC4(CC/C(=C\C(=O)c5nc(Cl)c(N)nc5N)N4)CC3)c2)cn1. The van der Waals surface area contributed by atoms with Gasteiger partial charge in [-0.1, -0.05) is 17.7 Å². The van der Waals surface area contributed by atoms with Crippen LogP contribution in [0.5, 0.6) is 0 Å². The number of rotatable bonds is 7. The first-order chi connectivity index (χ1) is 19.9. The molecule has 1 amide bonds. The third-order valence-electron chi connectivity index (χ3n) is 7.42. The number of benzene rings is 1. The van der Waals surface area contributed by atoms with E-state index in [1.807, 2.05) is 0 Å². The molecule has 0 saturated carbocycles. The molecule has 3 aromatic rings. The van der Waals surface area contributed by atoms with Gasteiger partial charge in [0.2, 0.25) is 15.8 Å². The molecule has 2 saturated heterocycles. The van der Waals surface area contributed by atoms with Gasteiger partial charge < -0.3 is 21.7 Å². The van der Waals surface area contributed by atoms with Crippen LogP contribution < -0.4 is 21.5 Å². The van der Waals surface area contributed by atoms with Crippen molar-refractivity contribution < 1.29 is 18.0 Å². The molecule has 6 N–H and O–H groups in total. The van der Waals surface area contributed by atoms with Gasteiger partial charge in [0.05, 0.1) is 29.0 Å². The van der Waals surface area contributed by atoms with E-state index in [-0.39, 0.29) is 50.9 Å². The van der Waals surface area contributed by atoms with E-state index >= 15 is 0 Å². The third kappa shape index (κ3) is 6.35. The average molecular weight is 612 g/mol. The Morgan fingerprint density at radius 1 is 1.12 bits per heavy atom. The van der Waals surface area contributed by atoms with Crippen molar-refractivity contribution in [1.82, 2.24) is 34.9 Å². The Morgan fingerprint density at radius 3 is 2.60 bits per heavy atom. The first kappa shape index (κ1) is 29.4. The van der Waals surface area contributed by atoms with Crippen LogP contribution in [0.4, 0.5) is 11.6 Å². The molecule has 0 unspecified atom stereocenters. The van der Waals surface area contributed by atoms with Crippen LogP contribution in [-0.2, 0) is 16.6 Å². The van der Waals surface area contributed by atoms with Crippen LogP contribution in [0.3, 0.4) is 0 Å². The van der Waals surface area contributed by atoms with E-state index in [0.717, 1.165) is 17.8 Å². The highest BCUT2D eigenvalue weighted by Gasteiger charge is 2.40. The summed E-state index contributed by atoms with van der Waals surface area (Å²) in [7, 11) is -3.88. The van der Waals surface area contributed by atoms with Gasteiger partial charge in [-0.2, -0.15) is 0 Å². The van der Waals surface area contributed by atoms with Crippen molar-refractivity contribution in [2.75, 3.05) is 24.6 Å². The van der Waals surface area contributed by atoms with Gasteiger partial charge >= 0.3 is 0 Å². The Hall–Kier alpha value is -4.14. The molecular formula is C27H30ClN9O4S. The number of halogens is 1. The standard InChI is InChI=1S/C27H30ClN9O4S/c1-16-13-32-19(14-31-16)15-33-42(40,41)20-4-2-3-17(11-20)26(39)37-9-7-27(8-10-37)6-5-18(36-27)12-21(38)22-24(29)35-25(30)23(28)34-22/h2-4,11-14,33,36H,5-10,15H2,1H3,(H4,29,30,35)/b18-12+. The predicted molar refractivity (Wildman–Crippen MR) is 156 cm³/mol. The van der Waals surface area contributed by atoms with Crippen molar-refractivity contribution in [1.29, 1.82) is 0 Å². The molecule has 4 heterocycles. The van der Waals surface area contributed by atoms with E-state index in [0.29, 0.717) is 38.0 Å². The lowest BCUT2D eigenvalue weighted by Crippen LogP contribution is -2.51. The summed E-state index contributed by atoms with van der Waals surface area (Å²) < 4.78 is 28.3. The number of likely N-dealkylation sites (tertiary alicyclic amines) is 1. The van der Waals surface area contributed by atoms with E-state index in [9.17, 15) is 18.0 Å². The number of allylic oxidation sites excluding steroid dienone is 2. The molecule has 42 heavy (non-hydrogen) atoms. The van der Waals surface area contributed by atoms with Gasteiger partial charge in [-0.25, -0.2) is 23.1 Å². The van der Waals surface area contributed by atoms with Crippen LogP contribution in [-0.4, -0.2) is 63.6 Å². The Labute approximate surface area is 247 Å². The Bertz CT molecular complexity index is 1670. The average Bonchev–Trinajstić information content (AvgIpc) is 3.36. The number of aromatic nitrogens is 4. The fourth-order valence-electron chi connectivity index (χ4n) is 5.05. The molecule has 2 aromatic heterocycles. The summed E-state index contributed by atoms with van der Waals surface area (Å²) in [4.78, 5) is 43.9. The minimum atomic E-state index is -3.88. The number of ketones is 1. The highest BCUT2D eigenvalue weighted by atomic mass is 35.5. The minimum Gasteiger partial charge on any atom is -0.383 e. The smallest absolute Gasteiger partial charge is 0.253 e. The predicted octanol–water partition coefficient (Wildman–Crippen LogP) is 2.00. The van der Waals surface area contributed by atoms with Crippen LogP contribution in [0.25, 0.3) is 0 Å². The van der Waals surface area contributed by atoms with E-state index in [1.165, 1.54) is 24.4 Å². The van der Waals surface area contributed by atoms with Gasteiger partial charge in [-0.15, -0.1) is 0 Å². The first-order valence-corrected chi connectivity index (χ1v) is 15.1. The zero-order valence-corrected chi connectivity index (χ0v) is 24.4. The monoisotopic (exact) mass is 611 g/mol. The van der Waals surface area contributed by atoms with Gasteiger partial charge in [0.25, 0.3) is 5.91 Å². The van der Waals surface area contributed by atoms with Crippen molar-refractivity contribution >= 4 is 45.0 Å². The Balaban J connectivity index is 1.20. The minimum absolute atomic E-state index is 0.00785. The number of hydrogen-bond acceptors (Lipinski definition) is 11. The topological polar surface area (TPSA) is 199 Å². The maximum absolute atomic E-state index is 13.3. The summed E-state index contributed by atoms with van der Waals surface area (Å²) in [5.74, 6) is -0.808. The maximum Gasteiger partial charge on any atom is 0.253 e. The molecule has 2 aliphatic rings. The molecule has 15 heteroatoms. The normalized spacial score (nSPS) is 17.4. The van der Waals surface area contributed by atoms with Crippen molar-refractivity contribution in [2.24, 2.45) is 0 Å². The van der Waals surface area contributed by atoms with Gasteiger partial charge in [0.15, 0.2) is 22.5 Å². The number of nitrogens with zero attached hydrogens (tertiary/aromatic N) is 5. The molecular weight excluding hydrogens is 582 g/mol. The molecule has 1 aromatic carbocycles. The Kier molecular flexibility index (Phi) is 8.12. The first-order valence-electron chi connectivity index (χ1n) is 13.2. The zero-order chi connectivity index (χ0) is 30.1. The molecule has 0 radical (unpaired) electrons. The number of nitrogen functional groups attached to an aromatic ring is 2. The van der Waals surface area contributed by atoms with E-state index < -0.39 is 15.8 Å². The number of nitrogens with one attached hydrogen (secondary N) is 2. The summed E-state index contributed by atoms with van der Waals surface area (Å²) >= 11 is 5.91. The summed E-state index contributed by atoms with van der Waals surface area (Å²) in [6.45, 7) is 2.72. The number of carbonyl (C=O) groups is 2. The number of carbonyl (C=O) groups excluding carboxylic acids is 2. The second-order valence-electron chi connectivity index (χ2n) is 10.4. The highest BCUT2D eigenvalue weighted by molar-refractivity contribution is 7.89. The number of amides is 1. The summed E-state index contributed by atoms with van der Waals surface area (Å²) in [6.07, 6.45) is 7.29. The summed E-state index contributed by atoms with van der Waals surface area (Å²) in [5, 5.41) is 3.38. The van der Waals surface area contributed by atoms with Crippen molar-refractivity contribution in [3.05, 3.63) is 76.2 Å². The molecule has 2 fully saturated rings. The molecule has 2 aliphatic heterocycles. The largest absolute Gasteiger partial charge is 0.383 e. The highest BCUT2D eigenvalue weighted by Crippen LogP contribution is 2.35. The van der Waals surface area contributed by atoms with E-state index in [4.69, 9.17) is 23.1 Å². The lowest BCUT2D eigenvalue weighted by molar-refractivity contribution is 0.0659. The molecule has 13 nitrogen and oxygen atoms in total. The van der Waals surface area contributed by atoms with Crippen molar-refractivity contribution in [2.45, 2.75) is 49.6 Å². The summed E-state index contributed by atoms with van der Waals surface area (Å²) in [5.41, 5.74) is 13.3. The number of piperidine rings is 1. The number of hydrogen-bond donors (Lipinski definition) is 4. The van der Waals surface area contributed by atoms with Gasteiger partial charge in [0, 0.05) is 42.2 Å². The van der Waals surface area contributed by atoms with Crippen LogP contribution >= 0.6 is 11.6 Å². The number of anilines is 2. The van der Waals surface area contributed by atoms with Gasteiger partial charge in [0.1, 0.15) is 0 Å². The molecule has 0 aliphatic carbocycles. The Morgan fingerprint density at radius 2 is 1.88 bits per heavy atom. The van der Waals surface area contributed by atoms with Gasteiger partial charge in [-0.05, 0) is 50.8 Å². The fourth-order valence-corrected chi connectivity index (χ4v) is 6.22. The maximum atomic E-state index is 13.3. The number of sulfonamides is 1. The van der Waals surface area contributed by atoms with E-state index in [2.05, 4.69) is 30.0 Å². The third-order valence-corrected chi connectivity index (χ3v) is 9.10. The summed E-state index contributed by atoms with van der Waals surface area (Å²) in [6, 6.07) is 5.99. The second-order valence-corrected chi connectivity index (χ2v) is 12.5. The number of nitrogens with two attached hydrogens (primary N) is 2. The quantitative estimate of drug-likeness (QED) is 0.225. The van der Waals surface area contributed by atoms with Crippen molar-refractivity contribution in [3.63, 3.8) is 0 Å². The molecule has 0 bridgehead atoms. The lowest BCUT2D eigenvalue weighted by Gasteiger charge is -2.39. The second kappa shape index (κ2) is 11.6. The zero-order valence-electron chi connectivity index (χ0n) is 22.8. The lowest BCUT2D eigenvalue weighted by atomic mass is 9.86. The van der Waals surface area contributed by atoms with Crippen LogP contribution in [0.15, 0.2) is 53.3 Å². The van der Waals surface area contributed by atoms with Crippen LogP contribution in [0.1, 0.15) is 57.9 Å². The molecule has 1 spiro atoms.